The Labute approximate surface area is 260 Å². The summed E-state index contributed by atoms with van der Waals surface area (Å²) in [6.07, 6.45) is 0. The van der Waals surface area contributed by atoms with Crippen molar-refractivity contribution >= 4 is 61.6 Å². The van der Waals surface area contributed by atoms with Crippen LogP contribution in [0.25, 0.3) is 21.2 Å². The van der Waals surface area contributed by atoms with Gasteiger partial charge in [0.15, 0.2) is 0 Å². The van der Waals surface area contributed by atoms with E-state index in [1.165, 1.54) is 26.8 Å². The second-order valence-corrected chi connectivity index (χ2v) is 12.4. The molecule has 44 heavy (non-hydrogen) atoms. The molecular weight excluding hydrogens is 557 g/mol. The van der Waals surface area contributed by atoms with Crippen molar-refractivity contribution in [3.05, 3.63) is 144 Å². The summed E-state index contributed by atoms with van der Waals surface area (Å²) in [6, 6.07) is 47.3. The molecule has 0 fully saturated rings. The number of hydrogen-bond donors (Lipinski definition) is 0. The number of hydrogen-bond acceptors (Lipinski definition) is 4. The summed E-state index contributed by atoms with van der Waals surface area (Å²) in [7, 11) is 0. The van der Waals surface area contributed by atoms with Gasteiger partial charge in [-0.05, 0) is 76.6 Å². The van der Waals surface area contributed by atoms with Crippen LogP contribution in [0.4, 0.5) is 17.1 Å². The molecule has 0 saturated carbocycles. The summed E-state index contributed by atoms with van der Waals surface area (Å²) in [5.74, 6) is 3.42. The Bertz CT molecular complexity index is 2140. The molecule has 0 aliphatic carbocycles. The Morgan fingerprint density at radius 1 is 0.591 bits per heavy atom. The molecular formula is C39H26BNO2S. The fraction of sp³-hybridized carbons (Fsp3) is 0.0256. The molecule has 2 aliphatic heterocycles. The zero-order valence-electron chi connectivity index (χ0n) is 24.0. The number of rotatable bonds is 4. The lowest BCUT2D eigenvalue weighted by molar-refractivity contribution is 0.465. The average molecular weight is 584 g/mol. The fourth-order valence-corrected chi connectivity index (χ4v) is 7.47. The van der Waals surface area contributed by atoms with Gasteiger partial charge < -0.3 is 14.4 Å². The third-order valence-corrected chi connectivity index (χ3v) is 9.60. The number of ether oxygens (including phenoxy) is 2. The summed E-state index contributed by atoms with van der Waals surface area (Å²) >= 11 is 1.76. The smallest absolute Gasteiger partial charge is 0.260 e. The van der Waals surface area contributed by atoms with Crippen LogP contribution < -0.4 is 30.8 Å². The summed E-state index contributed by atoms with van der Waals surface area (Å²) < 4.78 is 14.6. The van der Waals surface area contributed by atoms with Gasteiger partial charge in [0.25, 0.3) is 6.71 Å². The third kappa shape index (κ3) is 3.97. The molecule has 9 rings (SSSR count). The maximum atomic E-state index is 6.69. The lowest BCUT2D eigenvalue weighted by Gasteiger charge is -2.35. The highest BCUT2D eigenvalue weighted by molar-refractivity contribution is 7.17. The van der Waals surface area contributed by atoms with Gasteiger partial charge in [0.1, 0.15) is 23.0 Å². The van der Waals surface area contributed by atoms with Crippen molar-refractivity contribution < 1.29 is 9.47 Å². The van der Waals surface area contributed by atoms with E-state index in [1.54, 1.807) is 11.3 Å². The first-order chi connectivity index (χ1) is 21.7. The van der Waals surface area contributed by atoms with Gasteiger partial charge in [-0.2, -0.15) is 0 Å². The molecule has 0 atom stereocenters. The molecule has 2 aliphatic rings. The van der Waals surface area contributed by atoms with Crippen molar-refractivity contribution in [3.8, 4) is 34.1 Å². The van der Waals surface area contributed by atoms with Gasteiger partial charge in [0.05, 0.1) is 11.4 Å². The summed E-state index contributed by atoms with van der Waals surface area (Å²) in [6.45, 7) is 2.17. The van der Waals surface area contributed by atoms with Crippen molar-refractivity contribution in [1.29, 1.82) is 0 Å². The molecule has 3 heterocycles. The largest absolute Gasteiger partial charge is 0.458 e. The van der Waals surface area contributed by atoms with Crippen LogP contribution in [0.1, 0.15) is 5.56 Å². The summed E-state index contributed by atoms with van der Waals surface area (Å²) in [5, 5.41) is 3.41. The highest BCUT2D eigenvalue weighted by atomic mass is 32.1. The highest BCUT2D eigenvalue weighted by Crippen LogP contribution is 2.46. The average Bonchev–Trinajstić information content (AvgIpc) is 3.53. The molecule has 1 aromatic heterocycles. The predicted molar refractivity (Wildman–Crippen MR) is 184 cm³/mol. The second kappa shape index (κ2) is 9.90. The van der Waals surface area contributed by atoms with E-state index in [-0.39, 0.29) is 6.71 Å². The number of benzene rings is 6. The first-order valence-electron chi connectivity index (χ1n) is 14.9. The standard InChI is InChI=1S/C39H26BNO2S/c1-25-15-17-28(18-16-25)41(33-24-38-27(19-20-44-38)21-30(33)26-9-3-2-4-10-26)29-22-36-39-37(23-29)43-35-14-8-6-12-32(35)40(39)31-11-5-7-13-34(31)42-36/h2-24H,1H3. The quantitative estimate of drug-likeness (QED) is 0.193. The van der Waals surface area contributed by atoms with Crippen LogP contribution in [-0.2, 0) is 0 Å². The fourth-order valence-electron chi connectivity index (χ4n) is 6.66. The van der Waals surface area contributed by atoms with Gasteiger partial charge in [0, 0.05) is 33.5 Å². The minimum Gasteiger partial charge on any atom is -0.458 e. The molecule has 208 valence electrons. The minimum atomic E-state index is 0.0409. The van der Waals surface area contributed by atoms with Gasteiger partial charge >= 0.3 is 0 Å². The van der Waals surface area contributed by atoms with Crippen LogP contribution in [0, 0.1) is 6.92 Å². The Kier molecular flexibility index (Phi) is 5.68. The first kappa shape index (κ1) is 25.3. The number of aryl methyl sites for hydroxylation is 1. The molecule has 0 radical (unpaired) electrons. The Morgan fingerprint density at radius 2 is 1.23 bits per heavy atom. The number of nitrogens with zero attached hydrogens (tertiary/aromatic N) is 1. The second-order valence-electron chi connectivity index (χ2n) is 11.4. The Morgan fingerprint density at radius 3 is 1.91 bits per heavy atom. The topological polar surface area (TPSA) is 21.7 Å². The third-order valence-electron chi connectivity index (χ3n) is 8.72. The zero-order chi connectivity index (χ0) is 29.2. The van der Waals surface area contributed by atoms with Crippen LogP contribution in [0.15, 0.2) is 139 Å². The minimum absolute atomic E-state index is 0.0409. The van der Waals surface area contributed by atoms with E-state index in [4.69, 9.17) is 9.47 Å². The Hall–Kier alpha value is -5.26. The molecule has 0 amide bonds. The molecule has 3 nitrogen and oxygen atoms in total. The van der Waals surface area contributed by atoms with Crippen LogP contribution >= 0.6 is 11.3 Å². The van der Waals surface area contributed by atoms with Crippen molar-refractivity contribution in [2.75, 3.05) is 4.90 Å². The van der Waals surface area contributed by atoms with E-state index in [2.05, 4.69) is 139 Å². The monoisotopic (exact) mass is 583 g/mol. The number of thiophene rings is 1. The van der Waals surface area contributed by atoms with Crippen LogP contribution in [-0.4, -0.2) is 6.71 Å². The normalized spacial score (nSPS) is 12.5. The van der Waals surface area contributed by atoms with Gasteiger partial charge in [-0.1, -0.05) is 84.4 Å². The lowest BCUT2D eigenvalue weighted by atomic mass is 9.35. The SMILES string of the molecule is Cc1ccc(N(c2cc3c4c(c2)Oc2ccccc2B4c2ccccc2O3)c2cc3sccc3cc2-c2ccccc2)cc1. The highest BCUT2D eigenvalue weighted by Gasteiger charge is 2.40. The van der Waals surface area contributed by atoms with Crippen molar-refractivity contribution in [1.82, 2.24) is 0 Å². The summed E-state index contributed by atoms with van der Waals surface area (Å²) in [5.41, 5.74) is 10.1. The predicted octanol–water partition coefficient (Wildman–Crippen LogP) is 9.07. The van der Waals surface area contributed by atoms with Gasteiger partial charge in [-0.3, -0.25) is 0 Å². The number of fused-ring (bicyclic) bond motifs is 5. The molecule has 0 unspecified atom stereocenters. The van der Waals surface area contributed by atoms with Crippen LogP contribution in [0.3, 0.4) is 0 Å². The van der Waals surface area contributed by atoms with E-state index in [9.17, 15) is 0 Å². The van der Waals surface area contributed by atoms with E-state index >= 15 is 0 Å². The maximum absolute atomic E-state index is 6.69. The maximum Gasteiger partial charge on any atom is 0.260 e. The first-order valence-corrected chi connectivity index (χ1v) is 15.7. The van der Waals surface area contributed by atoms with Crippen molar-refractivity contribution in [3.63, 3.8) is 0 Å². The molecule has 0 spiro atoms. The molecule has 0 bridgehead atoms. The van der Waals surface area contributed by atoms with Gasteiger partial charge in [0.2, 0.25) is 0 Å². The molecule has 6 aromatic carbocycles. The number of anilines is 3. The van der Waals surface area contributed by atoms with Crippen molar-refractivity contribution in [2.24, 2.45) is 0 Å². The van der Waals surface area contributed by atoms with Gasteiger partial charge in [-0.15, -0.1) is 11.3 Å². The van der Waals surface area contributed by atoms with E-state index in [0.717, 1.165) is 56.4 Å². The summed E-state index contributed by atoms with van der Waals surface area (Å²) in [4.78, 5) is 2.35. The zero-order valence-corrected chi connectivity index (χ0v) is 24.8. The molecule has 5 heteroatoms. The van der Waals surface area contributed by atoms with Crippen LogP contribution in [0.5, 0.6) is 23.0 Å². The number of para-hydroxylation sites is 2. The Balaban J connectivity index is 1.32. The van der Waals surface area contributed by atoms with E-state index in [1.807, 2.05) is 12.1 Å². The molecule has 0 N–H and O–H groups in total. The molecule has 0 saturated heterocycles. The van der Waals surface area contributed by atoms with Gasteiger partial charge in [-0.25, -0.2) is 0 Å². The van der Waals surface area contributed by atoms with Crippen LogP contribution in [0.2, 0.25) is 0 Å². The molecule has 7 aromatic rings. The van der Waals surface area contributed by atoms with E-state index < -0.39 is 0 Å². The van der Waals surface area contributed by atoms with Crippen molar-refractivity contribution in [2.45, 2.75) is 6.92 Å². The van der Waals surface area contributed by atoms with E-state index in [0.29, 0.717) is 0 Å². The lowest BCUT2D eigenvalue weighted by Crippen LogP contribution is -2.57.